The van der Waals surface area contributed by atoms with Crippen LogP contribution in [0.3, 0.4) is 0 Å². The average molecular weight is 486 g/mol. The second-order valence-corrected chi connectivity index (χ2v) is 11.5. The first-order chi connectivity index (χ1) is 14.1. The van der Waals surface area contributed by atoms with E-state index in [1.807, 2.05) is 0 Å². The molecule has 0 fully saturated rings. The van der Waals surface area contributed by atoms with Crippen LogP contribution in [0.25, 0.3) is 0 Å². The maximum Gasteiger partial charge on any atom is 0.354 e. The molecule has 0 saturated carbocycles. The summed E-state index contributed by atoms with van der Waals surface area (Å²) in [5.74, 6) is -0.110. The summed E-state index contributed by atoms with van der Waals surface area (Å²) in [7, 11) is -1.72. The first-order valence-corrected chi connectivity index (χ1v) is 12.5. The topological polar surface area (TPSA) is 90.8 Å². The molecule has 1 aromatic carbocycles. The number of amides is 2. The minimum absolute atomic E-state index is 0. The zero-order valence-electron chi connectivity index (χ0n) is 17.8. The van der Waals surface area contributed by atoms with Crippen LogP contribution in [-0.4, -0.2) is 22.4 Å². The second-order valence-electron chi connectivity index (χ2n) is 8.28. The van der Waals surface area contributed by atoms with Gasteiger partial charge in [0.2, 0.25) is 0 Å². The first kappa shape index (κ1) is 24.2. The smallest absolute Gasteiger partial charge is 0.354 e. The van der Waals surface area contributed by atoms with E-state index in [1.54, 1.807) is 25.3 Å². The van der Waals surface area contributed by atoms with Gasteiger partial charge in [-0.05, 0) is 98.7 Å². The molecule has 1 aromatic heterocycles. The van der Waals surface area contributed by atoms with E-state index in [-0.39, 0.29) is 19.3 Å². The van der Waals surface area contributed by atoms with Gasteiger partial charge in [0, 0.05) is 5.69 Å². The van der Waals surface area contributed by atoms with Gasteiger partial charge in [-0.3, -0.25) is 0 Å². The minimum atomic E-state index is -3.20. The van der Waals surface area contributed by atoms with E-state index in [1.165, 1.54) is 18.4 Å². The molecule has 0 spiro atoms. The SMILES string of the molecule is CNS(=O)(=NC(=O)Nc1c2c(c(F)c3c1CCC3)CCC2)c1cc(C(C)(C)O)cs1.S. The Morgan fingerprint density at radius 2 is 1.71 bits per heavy atom. The quantitative estimate of drug-likeness (QED) is 0.600. The Hall–Kier alpha value is -1.46. The molecule has 1 atom stereocenters. The Labute approximate surface area is 193 Å². The van der Waals surface area contributed by atoms with Crippen molar-refractivity contribution in [3.05, 3.63) is 45.1 Å². The third-order valence-electron chi connectivity index (χ3n) is 5.84. The van der Waals surface area contributed by atoms with Crippen molar-refractivity contribution in [2.75, 3.05) is 12.4 Å². The standard InChI is InChI=1S/C21H26FN3O3S2.H2S/c1-21(2,27)12-10-17(29-11-12)30(28,23-3)25-20(26)24-19-15-8-4-6-13(15)18(22)14-7-5-9-16(14)19;/h10-11,27H,4-9H2,1-3H3,(H2,23,24,25,26,28);1H2. The number of rotatable bonds is 4. The number of carbonyl (C=O) groups is 1. The lowest BCUT2D eigenvalue weighted by Crippen LogP contribution is -2.22. The number of thiophene rings is 1. The maximum absolute atomic E-state index is 14.8. The van der Waals surface area contributed by atoms with Crippen LogP contribution >= 0.6 is 24.8 Å². The highest BCUT2D eigenvalue weighted by Gasteiger charge is 2.30. The minimum Gasteiger partial charge on any atom is -0.386 e. The number of hydrogen-bond acceptors (Lipinski definition) is 4. The van der Waals surface area contributed by atoms with E-state index in [4.69, 9.17) is 0 Å². The van der Waals surface area contributed by atoms with Gasteiger partial charge < -0.3 is 10.4 Å². The molecule has 2 aliphatic rings. The Morgan fingerprint density at radius 3 is 2.19 bits per heavy atom. The molecule has 4 rings (SSSR count). The summed E-state index contributed by atoms with van der Waals surface area (Å²) in [4.78, 5) is 12.8. The number of fused-ring (bicyclic) bond motifs is 2. The molecule has 1 heterocycles. The summed E-state index contributed by atoms with van der Waals surface area (Å²) in [6.07, 6.45) is 4.51. The first-order valence-electron chi connectivity index (χ1n) is 10.1. The molecule has 2 aromatic rings. The van der Waals surface area contributed by atoms with Crippen LogP contribution < -0.4 is 10.0 Å². The highest BCUT2D eigenvalue weighted by molar-refractivity contribution is 7.94. The fourth-order valence-corrected chi connectivity index (χ4v) is 7.03. The molecule has 31 heavy (non-hydrogen) atoms. The number of carbonyl (C=O) groups excluding carboxylic acids is 1. The number of benzene rings is 1. The third kappa shape index (κ3) is 4.41. The van der Waals surface area contributed by atoms with Gasteiger partial charge >= 0.3 is 6.03 Å². The molecule has 170 valence electrons. The fraction of sp³-hybridized carbons (Fsp3) is 0.476. The van der Waals surface area contributed by atoms with Crippen LogP contribution in [0.2, 0.25) is 0 Å². The lowest BCUT2D eigenvalue weighted by molar-refractivity contribution is 0.0789. The Bertz CT molecular complexity index is 1110. The molecule has 6 nitrogen and oxygen atoms in total. The monoisotopic (exact) mass is 485 g/mol. The molecule has 0 aliphatic heterocycles. The van der Waals surface area contributed by atoms with Crippen molar-refractivity contribution in [2.45, 2.75) is 62.2 Å². The lowest BCUT2D eigenvalue weighted by atomic mass is 9.98. The Morgan fingerprint density at radius 1 is 1.16 bits per heavy atom. The van der Waals surface area contributed by atoms with Gasteiger partial charge in [0.05, 0.1) is 5.60 Å². The molecular formula is C21H28FN3O3S3. The summed E-state index contributed by atoms with van der Waals surface area (Å²) in [5, 5.41) is 14.7. The van der Waals surface area contributed by atoms with Crippen LogP contribution in [0.5, 0.6) is 0 Å². The highest BCUT2D eigenvalue weighted by Crippen LogP contribution is 2.41. The van der Waals surface area contributed by atoms with E-state index in [2.05, 4.69) is 14.4 Å². The highest BCUT2D eigenvalue weighted by atomic mass is 32.2. The van der Waals surface area contributed by atoms with E-state index >= 15 is 0 Å². The summed E-state index contributed by atoms with van der Waals surface area (Å²) in [6, 6.07) is 0.885. The molecule has 10 heteroatoms. The van der Waals surface area contributed by atoms with Gasteiger partial charge in [0.25, 0.3) is 0 Å². The molecule has 0 bridgehead atoms. The second kappa shape index (κ2) is 8.82. The molecule has 3 N–H and O–H groups in total. The van der Waals surface area contributed by atoms with Crippen molar-refractivity contribution < 1.29 is 18.5 Å². The van der Waals surface area contributed by atoms with Crippen molar-refractivity contribution in [2.24, 2.45) is 4.36 Å². The van der Waals surface area contributed by atoms with Gasteiger partial charge in [-0.2, -0.15) is 13.5 Å². The fourth-order valence-electron chi connectivity index (χ4n) is 4.26. The molecule has 2 amide bonds. The predicted octanol–water partition coefficient (Wildman–Crippen LogP) is 4.40. The van der Waals surface area contributed by atoms with E-state index in [0.717, 1.165) is 36.8 Å². The number of aliphatic hydroxyl groups is 1. The zero-order valence-corrected chi connectivity index (χ0v) is 20.4. The van der Waals surface area contributed by atoms with Crippen LogP contribution in [0.1, 0.15) is 54.5 Å². The van der Waals surface area contributed by atoms with Gasteiger partial charge in [0.15, 0.2) is 9.92 Å². The lowest BCUT2D eigenvalue weighted by Gasteiger charge is -2.16. The van der Waals surface area contributed by atoms with Crippen molar-refractivity contribution in [1.82, 2.24) is 4.72 Å². The molecular weight excluding hydrogens is 457 g/mol. The predicted molar refractivity (Wildman–Crippen MR) is 127 cm³/mol. The summed E-state index contributed by atoms with van der Waals surface area (Å²) in [5.41, 5.74) is 3.30. The summed E-state index contributed by atoms with van der Waals surface area (Å²) < 4.78 is 35.2. The number of nitrogens with zero attached hydrogens (tertiary/aromatic N) is 1. The Balaban J connectivity index is 0.00000272. The number of nitrogens with one attached hydrogen (secondary N) is 2. The van der Waals surface area contributed by atoms with Crippen molar-refractivity contribution in [3.8, 4) is 0 Å². The average Bonchev–Trinajstić information content (AvgIpc) is 3.44. The van der Waals surface area contributed by atoms with Gasteiger partial charge in [-0.1, -0.05) is 0 Å². The van der Waals surface area contributed by atoms with Crippen LogP contribution in [0.15, 0.2) is 20.0 Å². The molecule has 0 saturated heterocycles. The normalized spacial score (nSPS) is 16.8. The largest absolute Gasteiger partial charge is 0.386 e. The van der Waals surface area contributed by atoms with Crippen LogP contribution in [-0.2, 0) is 41.2 Å². The van der Waals surface area contributed by atoms with Crippen molar-refractivity contribution in [3.63, 3.8) is 0 Å². The van der Waals surface area contributed by atoms with Crippen LogP contribution in [0.4, 0.5) is 14.9 Å². The maximum atomic E-state index is 14.8. The molecule has 2 aliphatic carbocycles. The zero-order chi connectivity index (χ0) is 21.7. The molecule has 0 radical (unpaired) electrons. The number of halogens is 1. The third-order valence-corrected chi connectivity index (χ3v) is 9.17. The van der Waals surface area contributed by atoms with E-state index in [9.17, 15) is 18.5 Å². The van der Waals surface area contributed by atoms with Gasteiger partial charge in [0.1, 0.15) is 10.0 Å². The van der Waals surface area contributed by atoms with Crippen LogP contribution in [0, 0.1) is 5.82 Å². The summed E-state index contributed by atoms with van der Waals surface area (Å²) >= 11 is 1.18. The summed E-state index contributed by atoms with van der Waals surface area (Å²) in [6.45, 7) is 3.28. The van der Waals surface area contributed by atoms with Crippen molar-refractivity contribution >= 4 is 46.5 Å². The van der Waals surface area contributed by atoms with E-state index in [0.29, 0.717) is 39.4 Å². The van der Waals surface area contributed by atoms with Gasteiger partial charge in [-0.25, -0.2) is 18.1 Å². The molecule has 1 unspecified atom stereocenters. The number of anilines is 1. The number of urea groups is 1. The Kier molecular flexibility index (Phi) is 6.88. The van der Waals surface area contributed by atoms with Crippen molar-refractivity contribution in [1.29, 1.82) is 0 Å². The number of hydrogen-bond donors (Lipinski definition) is 3. The van der Waals surface area contributed by atoms with Gasteiger partial charge in [-0.15, -0.1) is 15.7 Å². The van der Waals surface area contributed by atoms with E-state index < -0.39 is 21.5 Å².